The molecule has 20 heavy (non-hydrogen) atoms. The second-order valence-corrected chi connectivity index (χ2v) is 6.20. The SMILES string of the molecule is CC(C)(C)OC(=O)N1CCC(c2ccoc2CO)CC1. The minimum atomic E-state index is -0.456. The van der Waals surface area contributed by atoms with Crippen LogP contribution in [0.5, 0.6) is 0 Å². The van der Waals surface area contributed by atoms with Crippen molar-refractivity contribution in [3.8, 4) is 0 Å². The number of nitrogens with zero attached hydrogens (tertiary/aromatic N) is 1. The molecule has 0 saturated carbocycles. The molecule has 1 aliphatic rings. The molecule has 1 saturated heterocycles. The van der Waals surface area contributed by atoms with Gasteiger partial charge in [0, 0.05) is 13.1 Å². The predicted molar refractivity (Wildman–Crippen MR) is 74.4 cm³/mol. The lowest BCUT2D eigenvalue weighted by Gasteiger charge is -2.33. The average molecular weight is 281 g/mol. The quantitative estimate of drug-likeness (QED) is 0.905. The van der Waals surface area contributed by atoms with Crippen molar-refractivity contribution < 1.29 is 19.1 Å². The number of piperidine rings is 1. The molecule has 1 amide bonds. The van der Waals surface area contributed by atoms with Crippen molar-refractivity contribution in [2.45, 2.75) is 51.7 Å². The zero-order valence-electron chi connectivity index (χ0n) is 12.4. The van der Waals surface area contributed by atoms with Gasteiger partial charge in [-0.25, -0.2) is 4.79 Å². The first-order chi connectivity index (χ1) is 9.40. The largest absolute Gasteiger partial charge is 0.467 e. The van der Waals surface area contributed by atoms with Crippen molar-refractivity contribution in [1.29, 1.82) is 0 Å². The van der Waals surface area contributed by atoms with Gasteiger partial charge in [-0.2, -0.15) is 0 Å². The van der Waals surface area contributed by atoms with Gasteiger partial charge in [-0.1, -0.05) is 0 Å². The fraction of sp³-hybridized carbons (Fsp3) is 0.667. The minimum Gasteiger partial charge on any atom is -0.467 e. The molecule has 0 unspecified atom stereocenters. The number of aliphatic hydroxyl groups is 1. The zero-order valence-corrected chi connectivity index (χ0v) is 12.4. The van der Waals surface area contributed by atoms with Crippen LogP contribution in [-0.4, -0.2) is 34.8 Å². The van der Waals surface area contributed by atoms with E-state index in [1.807, 2.05) is 26.8 Å². The number of carbonyl (C=O) groups is 1. The van der Waals surface area contributed by atoms with Gasteiger partial charge < -0.3 is 19.2 Å². The summed E-state index contributed by atoms with van der Waals surface area (Å²) in [4.78, 5) is 13.7. The summed E-state index contributed by atoms with van der Waals surface area (Å²) in [6, 6.07) is 1.92. The Bertz CT molecular complexity index is 453. The minimum absolute atomic E-state index is 0.0748. The van der Waals surface area contributed by atoms with E-state index in [-0.39, 0.29) is 12.7 Å². The molecule has 0 aliphatic carbocycles. The monoisotopic (exact) mass is 281 g/mol. The lowest BCUT2D eigenvalue weighted by molar-refractivity contribution is 0.0204. The molecule has 1 N–H and O–H groups in total. The van der Waals surface area contributed by atoms with Crippen molar-refractivity contribution in [1.82, 2.24) is 4.90 Å². The van der Waals surface area contributed by atoms with Gasteiger partial charge in [0.05, 0.1) is 6.26 Å². The first-order valence-electron chi connectivity index (χ1n) is 7.06. The molecule has 0 atom stereocenters. The Labute approximate surface area is 119 Å². The molecular weight excluding hydrogens is 258 g/mol. The van der Waals surface area contributed by atoms with Crippen LogP contribution in [0.15, 0.2) is 16.7 Å². The summed E-state index contributed by atoms with van der Waals surface area (Å²) >= 11 is 0. The smallest absolute Gasteiger partial charge is 0.410 e. The van der Waals surface area contributed by atoms with Crippen LogP contribution < -0.4 is 0 Å². The number of hydrogen-bond acceptors (Lipinski definition) is 4. The molecule has 2 rings (SSSR count). The first kappa shape index (κ1) is 14.9. The highest BCUT2D eigenvalue weighted by Gasteiger charge is 2.28. The van der Waals surface area contributed by atoms with E-state index >= 15 is 0 Å². The van der Waals surface area contributed by atoms with E-state index in [9.17, 15) is 9.90 Å². The van der Waals surface area contributed by atoms with Gasteiger partial charge in [-0.3, -0.25) is 0 Å². The normalized spacial score (nSPS) is 17.3. The van der Waals surface area contributed by atoms with Crippen LogP contribution in [0.3, 0.4) is 0 Å². The van der Waals surface area contributed by atoms with Crippen LogP contribution >= 0.6 is 0 Å². The van der Waals surface area contributed by atoms with E-state index in [2.05, 4.69) is 0 Å². The molecule has 0 aromatic carbocycles. The molecule has 5 heteroatoms. The Hall–Kier alpha value is -1.49. The third-order valence-corrected chi connectivity index (χ3v) is 3.51. The highest BCUT2D eigenvalue weighted by Crippen LogP contribution is 2.31. The molecule has 1 aliphatic heterocycles. The van der Waals surface area contributed by atoms with E-state index in [0.717, 1.165) is 18.4 Å². The Morgan fingerprint density at radius 2 is 2.10 bits per heavy atom. The van der Waals surface area contributed by atoms with E-state index < -0.39 is 5.60 Å². The van der Waals surface area contributed by atoms with E-state index in [1.165, 1.54) is 0 Å². The molecule has 112 valence electrons. The van der Waals surface area contributed by atoms with E-state index in [0.29, 0.717) is 24.8 Å². The summed E-state index contributed by atoms with van der Waals surface area (Å²) in [5.74, 6) is 0.982. The molecule has 2 heterocycles. The van der Waals surface area contributed by atoms with Gasteiger partial charge in [0.2, 0.25) is 0 Å². The molecule has 0 bridgehead atoms. The number of likely N-dealkylation sites (tertiary alicyclic amines) is 1. The maximum Gasteiger partial charge on any atom is 0.410 e. The summed E-state index contributed by atoms with van der Waals surface area (Å²) in [6.45, 7) is 6.89. The zero-order chi connectivity index (χ0) is 14.8. The van der Waals surface area contributed by atoms with Crippen LogP contribution in [0.1, 0.15) is 50.9 Å². The number of amides is 1. The van der Waals surface area contributed by atoms with Crippen LogP contribution in [0.4, 0.5) is 4.79 Å². The molecule has 0 radical (unpaired) electrons. The summed E-state index contributed by atoms with van der Waals surface area (Å²) in [5.41, 5.74) is 0.610. The van der Waals surface area contributed by atoms with Crippen molar-refractivity contribution in [3.63, 3.8) is 0 Å². The van der Waals surface area contributed by atoms with Gasteiger partial charge in [-0.15, -0.1) is 0 Å². The Balaban J connectivity index is 1.91. The van der Waals surface area contributed by atoms with E-state index in [4.69, 9.17) is 9.15 Å². The van der Waals surface area contributed by atoms with Gasteiger partial charge in [0.1, 0.15) is 18.0 Å². The lowest BCUT2D eigenvalue weighted by Crippen LogP contribution is -2.41. The number of furan rings is 1. The molecule has 5 nitrogen and oxygen atoms in total. The second kappa shape index (κ2) is 5.87. The number of rotatable bonds is 2. The molecule has 1 fully saturated rings. The summed E-state index contributed by atoms with van der Waals surface area (Å²) < 4.78 is 10.6. The lowest BCUT2D eigenvalue weighted by atomic mass is 9.90. The second-order valence-electron chi connectivity index (χ2n) is 6.20. The van der Waals surface area contributed by atoms with Gasteiger partial charge in [0.25, 0.3) is 0 Å². The third-order valence-electron chi connectivity index (χ3n) is 3.51. The number of hydrogen-bond donors (Lipinski definition) is 1. The topological polar surface area (TPSA) is 62.9 Å². The maximum atomic E-state index is 12.0. The molecule has 0 spiro atoms. The van der Waals surface area contributed by atoms with Gasteiger partial charge in [0.15, 0.2) is 0 Å². The maximum absolute atomic E-state index is 12.0. The van der Waals surface area contributed by atoms with Crippen LogP contribution in [0, 0.1) is 0 Å². The highest BCUT2D eigenvalue weighted by molar-refractivity contribution is 5.68. The van der Waals surface area contributed by atoms with Crippen molar-refractivity contribution in [2.75, 3.05) is 13.1 Å². The van der Waals surface area contributed by atoms with Crippen LogP contribution in [0.2, 0.25) is 0 Å². The molecule has 1 aromatic heterocycles. The Morgan fingerprint density at radius 1 is 1.45 bits per heavy atom. The van der Waals surface area contributed by atoms with Crippen molar-refractivity contribution in [3.05, 3.63) is 23.7 Å². The fourth-order valence-corrected chi connectivity index (χ4v) is 2.54. The fourth-order valence-electron chi connectivity index (χ4n) is 2.54. The van der Waals surface area contributed by atoms with Crippen LogP contribution in [0.25, 0.3) is 0 Å². The molecule has 1 aromatic rings. The standard InChI is InChI=1S/C15H23NO4/c1-15(2,3)20-14(18)16-7-4-11(5-8-16)12-6-9-19-13(12)10-17/h6,9,11,17H,4-5,7-8,10H2,1-3H3. The number of carbonyl (C=O) groups excluding carboxylic acids is 1. The van der Waals surface area contributed by atoms with E-state index in [1.54, 1.807) is 11.2 Å². The summed E-state index contributed by atoms with van der Waals surface area (Å²) in [7, 11) is 0. The average Bonchev–Trinajstić information content (AvgIpc) is 2.85. The number of aliphatic hydroxyl groups excluding tert-OH is 1. The Morgan fingerprint density at radius 3 is 2.65 bits per heavy atom. The number of ether oxygens (including phenoxy) is 1. The first-order valence-corrected chi connectivity index (χ1v) is 7.06. The highest BCUT2D eigenvalue weighted by atomic mass is 16.6. The molecular formula is C15H23NO4. The van der Waals surface area contributed by atoms with Gasteiger partial charge >= 0.3 is 6.09 Å². The summed E-state index contributed by atoms with van der Waals surface area (Å²) in [5, 5.41) is 9.23. The predicted octanol–water partition coefficient (Wildman–Crippen LogP) is 2.89. The van der Waals surface area contributed by atoms with Crippen molar-refractivity contribution >= 4 is 6.09 Å². The third kappa shape index (κ3) is 3.54. The summed E-state index contributed by atoms with van der Waals surface area (Å²) in [6.07, 6.45) is 3.10. The van der Waals surface area contributed by atoms with Crippen LogP contribution in [-0.2, 0) is 11.3 Å². The van der Waals surface area contributed by atoms with Gasteiger partial charge in [-0.05, 0) is 51.2 Å². The Kier molecular flexibility index (Phi) is 4.38. The van der Waals surface area contributed by atoms with Crippen molar-refractivity contribution in [2.24, 2.45) is 0 Å².